The zero-order chi connectivity index (χ0) is 20.6. The van der Waals surface area contributed by atoms with Gasteiger partial charge in [0.1, 0.15) is 35.7 Å². The van der Waals surface area contributed by atoms with Crippen LogP contribution in [-0.4, -0.2) is 65.5 Å². The van der Waals surface area contributed by atoms with E-state index >= 15 is 0 Å². The Morgan fingerprint density at radius 3 is 2.55 bits per heavy atom. The van der Waals surface area contributed by atoms with Crippen molar-refractivity contribution in [1.29, 1.82) is 0 Å². The second-order valence-electron chi connectivity index (χ2n) is 6.33. The Hall–Kier alpha value is -1.06. The molecule has 2 aromatic rings. The third-order valence-electron chi connectivity index (χ3n) is 4.34. The van der Waals surface area contributed by atoms with Gasteiger partial charge in [0.15, 0.2) is 10.3 Å². The molecule has 0 radical (unpaired) electrons. The van der Waals surface area contributed by atoms with Gasteiger partial charge in [-0.2, -0.15) is 0 Å². The maximum atomic E-state index is 11.5. The summed E-state index contributed by atoms with van der Waals surface area (Å²) in [5.74, 6) is 0.0710. The molecule has 154 valence electrons. The van der Waals surface area contributed by atoms with E-state index in [2.05, 4.69) is 0 Å². The number of ether oxygens (including phenoxy) is 2. The molecule has 13 heteroatoms. The predicted octanol–water partition coefficient (Wildman–Crippen LogP) is -4.66. The maximum absolute atomic E-state index is 11.5. The molecule has 5 atom stereocenters. The van der Waals surface area contributed by atoms with Gasteiger partial charge in [-0.05, 0) is 24.6 Å². The first kappa shape index (κ1) is 24.2. The molecule has 11 nitrogen and oxygen atoms in total. The molecule has 5 unspecified atom stereocenters. The molecule has 3 rings (SSSR count). The molecule has 29 heavy (non-hydrogen) atoms. The van der Waals surface area contributed by atoms with Crippen molar-refractivity contribution < 1.29 is 71.7 Å². The molecule has 0 aliphatic carbocycles. The smallest absolute Gasteiger partial charge is 0.735 e. The zero-order valence-electron chi connectivity index (χ0n) is 15.5. The Labute approximate surface area is 187 Å². The third kappa shape index (κ3) is 5.55. The second-order valence-corrected chi connectivity index (χ2v) is 7.47. The molecule has 1 aromatic carbocycles. The number of aliphatic hydroxyl groups excluding tert-OH is 3. The van der Waals surface area contributed by atoms with Gasteiger partial charge >= 0.3 is 35.2 Å². The van der Waals surface area contributed by atoms with Crippen LogP contribution in [0, 0.1) is 6.92 Å². The summed E-state index contributed by atoms with van der Waals surface area (Å²) < 4.78 is 50.8. The van der Waals surface area contributed by atoms with Gasteiger partial charge in [0.25, 0.3) is 0 Å². The minimum atomic E-state index is -5.03. The average molecular weight is 439 g/mol. The van der Waals surface area contributed by atoms with Gasteiger partial charge in [-0.3, -0.25) is 0 Å². The van der Waals surface area contributed by atoms with Gasteiger partial charge in [-0.1, -0.05) is 0 Å². The standard InChI is InChI=1S/C16H19NO10S.Na/c1-7-4-12(19)26-10-5-8(2-3-9(7)10)25-16-13(17-28(22,23)24)15(21)14(20)11(6-18)27-16;/h2-5,11,13-18,20-21H,6H2,1H3,(H,22,23,24);/q;+1/p-1. The van der Waals surface area contributed by atoms with E-state index in [0.29, 0.717) is 10.9 Å². The largest absolute Gasteiger partial charge is 1.00 e. The summed E-state index contributed by atoms with van der Waals surface area (Å²) in [7, 11) is -5.03. The van der Waals surface area contributed by atoms with Crippen LogP contribution in [-0.2, 0) is 15.0 Å². The number of nitrogens with one attached hydrogen (secondary N) is 1. The maximum Gasteiger partial charge on any atom is 1.00 e. The monoisotopic (exact) mass is 439 g/mol. The van der Waals surface area contributed by atoms with Crippen LogP contribution >= 0.6 is 0 Å². The fraction of sp³-hybridized carbons (Fsp3) is 0.438. The molecular formula is C16H18NNaO10S. The molecule has 1 aliphatic heterocycles. The summed E-state index contributed by atoms with van der Waals surface area (Å²) in [4.78, 5) is 11.5. The number of aryl methyl sites for hydroxylation is 1. The number of hydrogen-bond acceptors (Lipinski definition) is 10. The van der Waals surface area contributed by atoms with E-state index in [1.54, 1.807) is 17.7 Å². The molecule has 0 saturated carbocycles. The molecule has 1 saturated heterocycles. The first-order chi connectivity index (χ1) is 13.1. The van der Waals surface area contributed by atoms with Crippen molar-refractivity contribution >= 4 is 21.3 Å². The van der Waals surface area contributed by atoms with Crippen molar-refractivity contribution in [3.8, 4) is 5.75 Å². The summed E-state index contributed by atoms with van der Waals surface area (Å²) >= 11 is 0. The first-order valence-electron chi connectivity index (χ1n) is 8.16. The third-order valence-corrected chi connectivity index (χ3v) is 4.90. The fourth-order valence-electron chi connectivity index (χ4n) is 2.99. The van der Waals surface area contributed by atoms with E-state index in [1.165, 1.54) is 18.2 Å². The van der Waals surface area contributed by atoms with E-state index in [9.17, 15) is 33.1 Å². The van der Waals surface area contributed by atoms with Crippen LogP contribution in [0.5, 0.6) is 5.75 Å². The molecule has 1 aromatic heterocycles. The van der Waals surface area contributed by atoms with Gasteiger partial charge < -0.3 is 33.8 Å². The van der Waals surface area contributed by atoms with Gasteiger partial charge in [0.2, 0.25) is 6.29 Å². The van der Waals surface area contributed by atoms with E-state index in [4.69, 9.17) is 13.9 Å². The topological polar surface area (TPSA) is 179 Å². The summed E-state index contributed by atoms with van der Waals surface area (Å²) in [6.07, 6.45) is -6.30. The SMILES string of the molecule is Cc1cc(=O)oc2cc(OC3OC(CO)C(O)C(O)C3NS(=O)(=O)[O-])ccc12.[Na+]. The van der Waals surface area contributed by atoms with Gasteiger partial charge in [0, 0.05) is 17.5 Å². The van der Waals surface area contributed by atoms with Crippen molar-refractivity contribution in [2.75, 3.05) is 6.61 Å². The Balaban J connectivity index is 0.00000300. The molecule has 2 heterocycles. The molecule has 0 bridgehead atoms. The van der Waals surface area contributed by atoms with E-state index in [0.717, 1.165) is 0 Å². The normalized spacial score (nSPS) is 27.4. The number of benzene rings is 1. The molecule has 0 amide bonds. The van der Waals surface area contributed by atoms with Gasteiger partial charge in [-0.15, -0.1) is 0 Å². The average Bonchev–Trinajstić information content (AvgIpc) is 2.59. The second kappa shape index (κ2) is 9.39. The van der Waals surface area contributed by atoms with Crippen LogP contribution < -0.4 is 44.6 Å². The summed E-state index contributed by atoms with van der Waals surface area (Å²) in [5, 5.41) is 30.0. The van der Waals surface area contributed by atoms with Crippen LogP contribution in [0.1, 0.15) is 5.56 Å². The minimum absolute atomic E-state index is 0. The van der Waals surface area contributed by atoms with Crippen LogP contribution in [0.25, 0.3) is 11.0 Å². The molecular weight excluding hydrogens is 421 g/mol. The molecule has 0 spiro atoms. The predicted molar refractivity (Wildman–Crippen MR) is 92.2 cm³/mol. The van der Waals surface area contributed by atoms with E-state index in [-0.39, 0.29) is 40.9 Å². The Bertz CT molecular complexity index is 1030. The van der Waals surface area contributed by atoms with Crippen LogP contribution in [0.2, 0.25) is 0 Å². The Morgan fingerprint density at radius 1 is 1.24 bits per heavy atom. The van der Waals surface area contributed by atoms with Gasteiger partial charge in [-0.25, -0.2) is 17.9 Å². The molecule has 1 aliphatic rings. The molecule has 1 fully saturated rings. The van der Waals surface area contributed by atoms with E-state index < -0.39 is 53.2 Å². The summed E-state index contributed by atoms with van der Waals surface area (Å²) in [6, 6.07) is 4.08. The minimum Gasteiger partial charge on any atom is -0.735 e. The van der Waals surface area contributed by atoms with Crippen LogP contribution in [0.4, 0.5) is 0 Å². The Morgan fingerprint density at radius 2 is 1.93 bits per heavy atom. The van der Waals surface area contributed by atoms with Gasteiger partial charge in [0.05, 0.1) is 6.61 Å². The number of rotatable bonds is 5. The van der Waals surface area contributed by atoms with Crippen molar-refractivity contribution in [2.24, 2.45) is 0 Å². The van der Waals surface area contributed by atoms with Crippen molar-refractivity contribution in [1.82, 2.24) is 4.72 Å². The van der Waals surface area contributed by atoms with Crippen molar-refractivity contribution in [3.05, 3.63) is 40.2 Å². The number of aliphatic hydroxyl groups is 3. The Kier molecular flexibility index (Phi) is 7.84. The summed E-state index contributed by atoms with van der Waals surface area (Å²) in [5.41, 5.74) is 0.285. The summed E-state index contributed by atoms with van der Waals surface area (Å²) in [6.45, 7) is 1.02. The van der Waals surface area contributed by atoms with Crippen molar-refractivity contribution in [2.45, 2.75) is 37.6 Å². The zero-order valence-corrected chi connectivity index (χ0v) is 18.3. The van der Waals surface area contributed by atoms with Crippen molar-refractivity contribution in [3.63, 3.8) is 0 Å². The number of hydrogen-bond donors (Lipinski definition) is 4. The number of fused-ring (bicyclic) bond motifs is 1. The van der Waals surface area contributed by atoms with Crippen LogP contribution in [0.15, 0.2) is 33.5 Å². The fourth-order valence-corrected chi connectivity index (χ4v) is 3.57. The van der Waals surface area contributed by atoms with E-state index in [1.807, 2.05) is 0 Å². The quantitative estimate of drug-likeness (QED) is 0.201. The molecule has 4 N–H and O–H groups in total. The van der Waals surface area contributed by atoms with Crippen LogP contribution in [0.3, 0.4) is 0 Å². The first-order valence-corrected chi connectivity index (χ1v) is 9.56.